The van der Waals surface area contributed by atoms with E-state index in [0.29, 0.717) is 35.3 Å². The van der Waals surface area contributed by atoms with Crippen LogP contribution in [0.4, 0.5) is 0 Å². The Hall–Kier alpha value is -4.73. The van der Waals surface area contributed by atoms with Gasteiger partial charge >= 0.3 is 0 Å². The molecule has 0 aliphatic heterocycles. The number of amides is 2. The molecule has 0 radical (unpaired) electrons. The first kappa shape index (κ1) is 37.7. The first-order valence-electron chi connectivity index (χ1n) is 16.8. The van der Waals surface area contributed by atoms with Gasteiger partial charge in [-0.25, -0.2) is 0 Å². The second-order valence-corrected chi connectivity index (χ2v) is 23.3. The van der Waals surface area contributed by atoms with E-state index in [4.69, 9.17) is 0 Å². The van der Waals surface area contributed by atoms with Gasteiger partial charge in [0.2, 0.25) is 0 Å². The molecule has 0 aromatic heterocycles. The highest BCUT2D eigenvalue weighted by molar-refractivity contribution is 6.84. The summed E-state index contributed by atoms with van der Waals surface area (Å²) in [6, 6.07) is 19.1. The molecule has 246 valence electrons. The molecule has 0 unspecified atom stereocenters. The lowest BCUT2D eigenvalue weighted by molar-refractivity contribution is 0.0952. The normalized spacial score (nSPS) is 10.5. The fourth-order valence-corrected chi connectivity index (χ4v) is 5.32. The summed E-state index contributed by atoms with van der Waals surface area (Å²) in [7, 11) is -3.07. The molecule has 3 aromatic carbocycles. The van der Waals surface area contributed by atoms with Gasteiger partial charge in [-0.1, -0.05) is 114 Å². The van der Waals surface area contributed by atoms with E-state index in [9.17, 15) is 9.59 Å². The number of carbonyl (C=O) groups excluding carboxylic acids is 2. The van der Waals surface area contributed by atoms with Crippen molar-refractivity contribution in [1.29, 1.82) is 0 Å². The minimum Gasteiger partial charge on any atom is -0.352 e. The van der Waals surface area contributed by atoms with Gasteiger partial charge in [0.25, 0.3) is 11.8 Å². The third-order valence-corrected chi connectivity index (χ3v) is 8.60. The van der Waals surface area contributed by atoms with E-state index in [1.165, 1.54) is 0 Å². The van der Waals surface area contributed by atoms with Gasteiger partial charge in [0.15, 0.2) is 0 Å². The van der Waals surface area contributed by atoms with Crippen LogP contribution in [0.3, 0.4) is 0 Å². The van der Waals surface area contributed by atoms with E-state index >= 15 is 0 Å². The molecule has 0 saturated carbocycles. The highest BCUT2D eigenvalue weighted by Gasteiger charge is 2.18. The summed E-state index contributed by atoms with van der Waals surface area (Å²) in [6.07, 6.45) is 3.61. The van der Waals surface area contributed by atoms with E-state index < -0.39 is 16.1 Å². The Balaban J connectivity index is 2.17. The molecule has 0 fully saturated rings. The highest BCUT2D eigenvalue weighted by Crippen LogP contribution is 2.19. The van der Waals surface area contributed by atoms with Crippen LogP contribution in [0.25, 0.3) is 0 Å². The first-order valence-corrected chi connectivity index (χ1v) is 23.8. The van der Waals surface area contributed by atoms with Gasteiger partial charge in [-0.05, 0) is 61.4 Å². The molecular weight excluding hydrogens is 621 g/mol. The third-order valence-electron chi connectivity index (χ3n) is 6.85. The molecule has 0 aliphatic carbocycles. The summed E-state index contributed by atoms with van der Waals surface area (Å²) >= 11 is 0. The maximum atomic E-state index is 13.5. The number of nitrogens with one attached hydrogen (secondary N) is 2. The second kappa shape index (κ2) is 18.0. The predicted molar refractivity (Wildman–Crippen MR) is 206 cm³/mol. The molecule has 0 spiro atoms. The Bertz CT molecular complexity index is 1750. The summed E-state index contributed by atoms with van der Waals surface area (Å²) in [6.45, 7) is 18.5. The molecule has 0 aliphatic rings. The van der Waals surface area contributed by atoms with Crippen molar-refractivity contribution >= 4 is 28.0 Å². The summed E-state index contributed by atoms with van der Waals surface area (Å²) in [5.74, 6) is 19.0. The van der Waals surface area contributed by atoms with Crippen molar-refractivity contribution in [3.8, 4) is 46.6 Å². The number of rotatable bonds is 8. The summed E-state index contributed by atoms with van der Waals surface area (Å²) in [5.41, 5.74) is 11.9. The Morgan fingerprint density at radius 3 is 1.27 bits per heavy atom. The average molecular weight is 669 g/mol. The van der Waals surface area contributed by atoms with Crippen molar-refractivity contribution in [2.75, 3.05) is 13.1 Å². The van der Waals surface area contributed by atoms with E-state index in [2.05, 4.69) is 110 Å². The maximum Gasteiger partial charge on any atom is 0.252 e. The molecule has 48 heavy (non-hydrogen) atoms. The zero-order valence-corrected chi connectivity index (χ0v) is 31.8. The molecule has 3 rings (SSSR count). The summed E-state index contributed by atoms with van der Waals surface area (Å²) < 4.78 is 0. The molecule has 6 heteroatoms. The van der Waals surface area contributed by atoms with Crippen LogP contribution >= 0.6 is 0 Å². The zero-order valence-electron chi connectivity index (χ0n) is 29.8. The number of benzene rings is 3. The molecule has 0 bridgehead atoms. The average Bonchev–Trinajstić information content (AvgIpc) is 3.04. The smallest absolute Gasteiger partial charge is 0.252 e. The topological polar surface area (TPSA) is 58.2 Å². The fraction of sp³-hybridized carbons (Fsp3) is 0.333. The van der Waals surface area contributed by atoms with Crippen molar-refractivity contribution in [3.05, 3.63) is 105 Å². The van der Waals surface area contributed by atoms with E-state index in [1.807, 2.05) is 48.5 Å². The number of carbonyl (C=O) groups is 2. The standard InChI is InChI=1S/C42H48N2O2Si2/c1-9-11-25-43-41(45)39-32-40(42(46)44-26-12-10-2)38(22-20-34-16-14-18-36(30-34)24-28-48(6,7)8)31-37(39)21-19-33-15-13-17-35(29-33)23-27-47(3,4)5/h13-18,29-32H,9-12,25-26H2,1-8H3,(H,43,45)(H,44,46). The van der Waals surface area contributed by atoms with Crippen LogP contribution in [-0.4, -0.2) is 41.1 Å². The van der Waals surface area contributed by atoms with Crippen LogP contribution in [0.15, 0.2) is 60.7 Å². The summed E-state index contributed by atoms with van der Waals surface area (Å²) in [5, 5.41) is 6.01. The van der Waals surface area contributed by atoms with Crippen LogP contribution in [0.5, 0.6) is 0 Å². The predicted octanol–water partition coefficient (Wildman–Crippen LogP) is 8.00. The molecular formula is C42H48N2O2Si2. The van der Waals surface area contributed by atoms with Crippen LogP contribution in [0.1, 0.15) is 93.6 Å². The Morgan fingerprint density at radius 2 is 0.917 bits per heavy atom. The van der Waals surface area contributed by atoms with E-state index in [1.54, 1.807) is 12.1 Å². The second-order valence-electron chi connectivity index (χ2n) is 13.8. The van der Waals surface area contributed by atoms with Crippen LogP contribution in [0, 0.1) is 46.6 Å². The molecule has 0 saturated heterocycles. The SMILES string of the molecule is CCCCNC(=O)c1cc(C(=O)NCCCC)c(C#Cc2cccc(C#C[Si](C)(C)C)c2)cc1C#Cc1cccc(C#C[Si](C)(C)C)c1. The van der Waals surface area contributed by atoms with Gasteiger partial charge < -0.3 is 10.6 Å². The number of unbranched alkanes of at least 4 members (excludes halogenated alkanes) is 2. The van der Waals surface area contributed by atoms with Crippen molar-refractivity contribution < 1.29 is 9.59 Å². The lowest BCUT2D eigenvalue weighted by Crippen LogP contribution is -2.28. The van der Waals surface area contributed by atoms with Crippen LogP contribution < -0.4 is 10.6 Å². The monoisotopic (exact) mass is 668 g/mol. The molecule has 0 heterocycles. The molecule has 4 nitrogen and oxygen atoms in total. The fourth-order valence-electron chi connectivity index (χ4n) is 4.28. The van der Waals surface area contributed by atoms with Crippen molar-refractivity contribution in [3.63, 3.8) is 0 Å². The van der Waals surface area contributed by atoms with Gasteiger partial charge in [0.1, 0.15) is 16.1 Å². The first-order chi connectivity index (χ1) is 22.8. The van der Waals surface area contributed by atoms with E-state index in [-0.39, 0.29) is 11.8 Å². The Kier molecular flexibility index (Phi) is 14.1. The van der Waals surface area contributed by atoms with Crippen LogP contribution in [0.2, 0.25) is 39.3 Å². The highest BCUT2D eigenvalue weighted by atomic mass is 28.3. The lowest BCUT2D eigenvalue weighted by Gasteiger charge is -2.12. The van der Waals surface area contributed by atoms with Gasteiger partial charge in [-0.2, -0.15) is 0 Å². The lowest BCUT2D eigenvalue weighted by atomic mass is 9.96. The van der Waals surface area contributed by atoms with Gasteiger partial charge in [-0.3, -0.25) is 9.59 Å². The number of hydrogen-bond acceptors (Lipinski definition) is 2. The molecule has 2 N–H and O–H groups in total. The quantitative estimate of drug-likeness (QED) is 0.145. The van der Waals surface area contributed by atoms with Crippen molar-refractivity contribution in [2.24, 2.45) is 0 Å². The largest absolute Gasteiger partial charge is 0.352 e. The minimum absolute atomic E-state index is 0.265. The molecule has 3 aromatic rings. The van der Waals surface area contributed by atoms with Crippen molar-refractivity contribution in [2.45, 2.75) is 78.8 Å². The van der Waals surface area contributed by atoms with Crippen LogP contribution in [-0.2, 0) is 0 Å². The number of hydrogen-bond donors (Lipinski definition) is 2. The molecule has 0 atom stereocenters. The van der Waals surface area contributed by atoms with Gasteiger partial charge in [0.05, 0.1) is 11.1 Å². The van der Waals surface area contributed by atoms with Crippen molar-refractivity contribution in [1.82, 2.24) is 10.6 Å². The molecule has 2 amide bonds. The van der Waals surface area contributed by atoms with Gasteiger partial charge in [0, 0.05) is 46.5 Å². The zero-order chi connectivity index (χ0) is 35.2. The Morgan fingerprint density at radius 1 is 0.542 bits per heavy atom. The third kappa shape index (κ3) is 13.2. The minimum atomic E-state index is -1.53. The summed E-state index contributed by atoms with van der Waals surface area (Å²) in [4.78, 5) is 27.0. The van der Waals surface area contributed by atoms with Gasteiger partial charge in [-0.15, -0.1) is 11.1 Å². The Labute approximate surface area is 290 Å². The maximum absolute atomic E-state index is 13.5. The van der Waals surface area contributed by atoms with E-state index in [0.717, 1.165) is 47.9 Å².